The predicted molar refractivity (Wildman–Crippen MR) is 68.0 cm³/mol. The number of hydrogen-bond donors (Lipinski definition) is 1. The van der Waals surface area contributed by atoms with Crippen LogP contribution in [0.4, 0.5) is 0 Å². The van der Waals surface area contributed by atoms with Crippen molar-refractivity contribution in [2.75, 3.05) is 40.3 Å². The van der Waals surface area contributed by atoms with Gasteiger partial charge in [0, 0.05) is 19.6 Å². The summed E-state index contributed by atoms with van der Waals surface area (Å²) < 4.78 is 5.62. The standard InChI is InChI=1S/C13H22N2O/c1-14-9-11-15(2)10-6-12-16-13-7-4-3-5-8-13/h3-5,7-8,14H,6,9-12H2,1-2H3. The molecule has 0 bridgehead atoms. The predicted octanol–water partition coefficient (Wildman–Crippen LogP) is 1.61. The van der Waals surface area contributed by atoms with Crippen LogP contribution >= 0.6 is 0 Å². The zero-order valence-corrected chi connectivity index (χ0v) is 10.3. The molecule has 1 aromatic carbocycles. The summed E-state index contributed by atoms with van der Waals surface area (Å²) in [4.78, 5) is 2.31. The van der Waals surface area contributed by atoms with Crippen LogP contribution < -0.4 is 10.1 Å². The van der Waals surface area contributed by atoms with Gasteiger partial charge in [-0.05, 0) is 32.6 Å². The van der Waals surface area contributed by atoms with Crippen LogP contribution in [-0.2, 0) is 0 Å². The molecule has 90 valence electrons. The highest BCUT2D eigenvalue weighted by atomic mass is 16.5. The molecular weight excluding hydrogens is 200 g/mol. The number of nitrogens with one attached hydrogen (secondary N) is 1. The minimum atomic E-state index is 0.786. The van der Waals surface area contributed by atoms with E-state index in [9.17, 15) is 0 Å². The van der Waals surface area contributed by atoms with E-state index in [4.69, 9.17) is 4.74 Å². The number of para-hydroxylation sites is 1. The molecule has 1 aromatic rings. The average molecular weight is 222 g/mol. The molecule has 0 radical (unpaired) electrons. The summed E-state index contributed by atoms with van der Waals surface area (Å²) in [7, 11) is 4.12. The van der Waals surface area contributed by atoms with Crippen molar-refractivity contribution in [3.63, 3.8) is 0 Å². The van der Waals surface area contributed by atoms with Gasteiger partial charge in [0.25, 0.3) is 0 Å². The van der Waals surface area contributed by atoms with Crippen molar-refractivity contribution in [2.24, 2.45) is 0 Å². The van der Waals surface area contributed by atoms with E-state index < -0.39 is 0 Å². The van der Waals surface area contributed by atoms with E-state index in [-0.39, 0.29) is 0 Å². The number of hydrogen-bond acceptors (Lipinski definition) is 3. The lowest BCUT2D eigenvalue weighted by molar-refractivity contribution is 0.263. The summed E-state index contributed by atoms with van der Waals surface area (Å²) >= 11 is 0. The number of likely N-dealkylation sites (N-methyl/N-ethyl adjacent to an activating group) is 2. The Morgan fingerprint density at radius 3 is 2.62 bits per heavy atom. The van der Waals surface area contributed by atoms with E-state index in [2.05, 4.69) is 17.3 Å². The molecule has 0 saturated heterocycles. The topological polar surface area (TPSA) is 24.5 Å². The van der Waals surface area contributed by atoms with Crippen molar-refractivity contribution in [1.29, 1.82) is 0 Å². The normalized spacial score (nSPS) is 10.7. The fourth-order valence-electron chi connectivity index (χ4n) is 1.46. The zero-order valence-electron chi connectivity index (χ0n) is 10.3. The molecule has 1 rings (SSSR count). The van der Waals surface area contributed by atoms with Gasteiger partial charge >= 0.3 is 0 Å². The molecule has 0 saturated carbocycles. The second-order valence-corrected chi connectivity index (χ2v) is 3.92. The molecule has 0 fully saturated rings. The summed E-state index contributed by atoms with van der Waals surface area (Å²) in [6, 6.07) is 9.97. The average Bonchev–Trinajstić information content (AvgIpc) is 2.33. The largest absolute Gasteiger partial charge is 0.494 e. The molecule has 0 spiro atoms. The fourth-order valence-corrected chi connectivity index (χ4v) is 1.46. The van der Waals surface area contributed by atoms with E-state index in [1.165, 1.54) is 0 Å². The van der Waals surface area contributed by atoms with Crippen LogP contribution in [0.5, 0.6) is 5.75 Å². The number of ether oxygens (including phenoxy) is 1. The number of benzene rings is 1. The van der Waals surface area contributed by atoms with Crippen LogP contribution in [0, 0.1) is 0 Å². The molecule has 0 aliphatic carbocycles. The lowest BCUT2D eigenvalue weighted by atomic mass is 10.3. The molecule has 1 N–H and O–H groups in total. The smallest absolute Gasteiger partial charge is 0.119 e. The molecule has 0 amide bonds. The second-order valence-electron chi connectivity index (χ2n) is 3.92. The second kappa shape index (κ2) is 8.13. The summed E-state index contributed by atoms with van der Waals surface area (Å²) in [5.41, 5.74) is 0. The van der Waals surface area contributed by atoms with Gasteiger partial charge in [-0.25, -0.2) is 0 Å². The van der Waals surface area contributed by atoms with Crippen LogP contribution in [-0.4, -0.2) is 45.2 Å². The van der Waals surface area contributed by atoms with Gasteiger partial charge in [-0.15, -0.1) is 0 Å². The third-order valence-electron chi connectivity index (χ3n) is 2.44. The lowest BCUT2D eigenvalue weighted by Gasteiger charge is -2.16. The minimum Gasteiger partial charge on any atom is -0.494 e. The molecular formula is C13H22N2O. The monoisotopic (exact) mass is 222 g/mol. The fraction of sp³-hybridized carbons (Fsp3) is 0.538. The van der Waals surface area contributed by atoms with Gasteiger partial charge in [-0.2, -0.15) is 0 Å². The van der Waals surface area contributed by atoms with Gasteiger partial charge in [0.15, 0.2) is 0 Å². The molecule has 0 aliphatic rings. The minimum absolute atomic E-state index is 0.786. The van der Waals surface area contributed by atoms with Crippen molar-refractivity contribution in [3.8, 4) is 5.75 Å². The van der Waals surface area contributed by atoms with Gasteiger partial charge in [0.2, 0.25) is 0 Å². The molecule has 0 unspecified atom stereocenters. The SMILES string of the molecule is CNCCN(C)CCCOc1ccccc1. The van der Waals surface area contributed by atoms with E-state index in [0.29, 0.717) is 0 Å². The first-order chi connectivity index (χ1) is 7.83. The highest BCUT2D eigenvalue weighted by molar-refractivity contribution is 5.20. The molecule has 0 atom stereocenters. The maximum absolute atomic E-state index is 5.62. The Kier molecular flexibility index (Phi) is 6.61. The highest BCUT2D eigenvalue weighted by Crippen LogP contribution is 2.08. The first-order valence-corrected chi connectivity index (χ1v) is 5.84. The van der Waals surface area contributed by atoms with Crippen molar-refractivity contribution in [2.45, 2.75) is 6.42 Å². The van der Waals surface area contributed by atoms with E-state index in [1.807, 2.05) is 37.4 Å². The van der Waals surface area contributed by atoms with Crippen LogP contribution in [0.1, 0.15) is 6.42 Å². The maximum Gasteiger partial charge on any atom is 0.119 e. The van der Waals surface area contributed by atoms with E-state index in [1.54, 1.807) is 0 Å². The molecule has 0 heterocycles. The Bertz CT molecular complexity index is 264. The van der Waals surface area contributed by atoms with Crippen LogP contribution in [0.15, 0.2) is 30.3 Å². The van der Waals surface area contributed by atoms with Crippen molar-refractivity contribution in [1.82, 2.24) is 10.2 Å². The Balaban J connectivity index is 2.03. The van der Waals surface area contributed by atoms with Crippen LogP contribution in [0.25, 0.3) is 0 Å². The van der Waals surface area contributed by atoms with Crippen LogP contribution in [0.3, 0.4) is 0 Å². The molecule has 3 heteroatoms. The van der Waals surface area contributed by atoms with Crippen molar-refractivity contribution < 1.29 is 4.74 Å². The van der Waals surface area contributed by atoms with Crippen molar-refractivity contribution >= 4 is 0 Å². The Morgan fingerprint density at radius 1 is 1.19 bits per heavy atom. The summed E-state index contributed by atoms with van der Waals surface area (Å²) in [5.74, 6) is 0.959. The van der Waals surface area contributed by atoms with Gasteiger partial charge in [0.1, 0.15) is 5.75 Å². The quantitative estimate of drug-likeness (QED) is 0.676. The lowest BCUT2D eigenvalue weighted by Crippen LogP contribution is -2.28. The Morgan fingerprint density at radius 2 is 1.94 bits per heavy atom. The van der Waals surface area contributed by atoms with Crippen LogP contribution in [0.2, 0.25) is 0 Å². The summed E-state index contributed by atoms with van der Waals surface area (Å²) in [6.07, 6.45) is 1.06. The highest BCUT2D eigenvalue weighted by Gasteiger charge is 1.97. The maximum atomic E-state index is 5.62. The number of rotatable bonds is 8. The van der Waals surface area contributed by atoms with Crippen molar-refractivity contribution in [3.05, 3.63) is 30.3 Å². The van der Waals surface area contributed by atoms with Gasteiger partial charge in [0.05, 0.1) is 6.61 Å². The summed E-state index contributed by atoms with van der Waals surface area (Å²) in [5, 5.41) is 3.14. The molecule has 3 nitrogen and oxygen atoms in total. The third kappa shape index (κ3) is 5.73. The first kappa shape index (κ1) is 13.0. The molecule has 0 aromatic heterocycles. The Labute approximate surface area is 98.4 Å². The van der Waals surface area contributed by atoms with E-state index >= 15 is 0 Å². The third-order valence-corrected chi connectivity index (χ3v) is 2.44. The molecule has 0 aliphatic heterocycles. The van der Waals surface area contributed by atoms with Gasteiger partial charge < -0.3 is 15.0 Å². The Hall–Kier alpha value is -1.06. The first-order valence-electron chi connectivity index (χ1n) is 5.84. The number of nitrogens with zero attached hydrogens (tertiary/aromatic N) is 1. The van der Waals surface area contributed by atoms with E-state index in [0.717, 1.165) is 38.4 Å². The molecule has 16 heavy (non-hydrogen) atoms. The zero-order chi connectivity index (χ0) is 11.6. The summed E-state index contributed by atoms with van der Waals surface area (Å²) in [6.45, 7) is 3.99. The van der Waals surface area contributed by atoms with Gasteiger partial charge in [-0.3, -0.25) is 0 Å². The van der Waals surface area contributed by atoms with Gasteiger partial charge in [-0.1, -0.05) is 18.2 Å².